The number of rotatable bonds is 6. The van der Waals surface area contributed by atoms with Crippen molar-refractivity contribution < 1.29 is 29.4 Å². The van der Waals surface area contributed by atoms with Gasteiger partial charge in [0.25, 0.3) is 0 Å². The minimum atomic E-state index is -1.08. The Hall–Kier alpha value is -1.80. The topological polar surface area (TPSA) is 109 Å². The fraction of sp³-hybridized carbons (Fsp3) is 0.167. The number of hydrogen-bond acceptors (Lipinski definition) is 6. The molecule has 0 fully saturated rings. The molecule has 0 spiro atoms. The molecule has 0 aromatic heterocycles. The molecule has 0 heterocycles. The van der Waals surface area contributed by atoms with Gasteiger partial charge in [-0.2, -0.15) is 0 Å². The molecular formula is C12H10O6S2. The van der Waals surface area contributed by atoms with E-state index in [-0.39, 0.29) is 22.6 Å². The molecule has 0 aliphatic heterocycles. The molecule has 0 amide bonds. The van der Waals surface area contributed by atoms with Crippen LogP contribution in [0.5, 0.6) is 0 Å². The standard InChI is InChI=1S/C12H10O6S2/c13-9(14)5-19-11(17)7-1-2-8(4-3-7)12(18)20-6-10(15)16/h1-4H,5-6H2,(H,13,14)(H,15,16). The van der Waals surface area contributed by atoms with Gasteiger partial charge < -0.3 is 10.2 Å². The van der Waals surface area contributed by atoms with Crippen LogP contribution in [0.25, 0.3) is 0 Å². The maximum atomic E-state index is 11.6. The van der Waals surface area contributed by atoms with Crippen molar-refractivity contribution in [3.05, 3.63) is 35.4 Å². The Bertz CT molecular complexity index is 488. The average molecular weight is 314 g/mol. The third-order valence-corrected chi connectivity index (χ3v) is 3.79. The minimum Gasteiger partial charge on any atom is -0.481 e. The smallest absolute Gasteiger partial charge is 0.313 e. The molecule has 0 aliphatic rings. The second kappa shape index (κ2) is 7.71. The Balaban J connectivity index is 2.63. The second-order valence-electron chi connectivity index (χ2n) is 3.52. The van der Waals surface area contributed by atoms with Gasteiger partial charge in [-0.15, -0.1) is 0 Å². The van der Waals surface area contributed by atoms with E-state index in [9.17, 15) is 19.2 Å². The zero-order valence-electron chi connectivity index (χ0n) is 10.1. The number of aliphatic carboxylic acids is 2. The lowest BCUT2D eigenvalue weighted by molar-refractivity contribution is -0.134. The fourth-order valence-electron chi connectivity index (χ4n) is 1.16. The van der Waals surface area contributed by atoms with Crippen molar-refractivity contribution in [3.63, 3.8) is 0 Å². The third-order valence-electron chi connectivity index (χ3n) is 2.01. The summed E-state index contributed by atoms with van der Waals surface area (Å²) < 4.78 is 0. The zero-order chi connectivity index (χ0) is 15.1. The number of benzene rings is 1. The monoisotopic (exact) mass is 314 g/mol. The Labute approximate surface area is 122 Å². The molecule has 0 saturated carbocycles. The predicted molar refractivity (Wildman–Crippen MR) is 75.3 cm³/mol. The van der Waals surface area contributed by atoms with Gasteiger partial charge in [0, 0.05) is 11.1 Å². The molecule has 1 rings (SSSR count). The number of carboxylic acids is 2. The van der Waals surface area contributed by atoms with Crippen molar-refractivity contribution in [3.8, 4) is 0 Å². The summed E-state index contributed by atoms with van der Waals surface area (Å²) in [5, 5.41) is 16.1. The van der Waals surface area contributed by atoms with Crippen LogP contribution in [0.1, 0.15) is 20.7 Å². The quantitative estimate of drug-likeness (QED) is 0.815. The van der Waals surface area contributed by atoms with Crippen LogP contribution in [0.3, 0.4) is 0 Å². The molecule has 0 unspecified atom stereocenters. The van der Waals surface area contributed by atoms with Gasteiger partial charge in [-0.1, -0.05) is 23.5 Å². The van der Waals surface area contributed by atoms with Crippen molar-refractivity contribution in [1.29, 1.82) is 0 Å². The minimum absolute atomic E-state index is 0.288. The number of carbonyl (C=O) groups excluding carboxylic acids is 2. The highest BCUT2D eigenvalue weighted by molar-refractivity contribution is 8.14. The van der Waals surface area contributed by atoms with Crippen LogP contribution < -0.4 is 0 Å². The Morgan fingerprint density at radius 1 is 0.750 bits per heavy atom. The van der Waals surface area contributed by atoms with Crippen LogP contribution in [-0.2, 0) is 9.59 Å². The average Bonchev–Trinajstić information content (AvgIpc) is 2.42. The first-order valence-corrected chi connectivity index (χ1v) is 7.25. The fourth-order valence-corrected chi connectivity index (χ4v) is 2.28. The van der Waals surface area contributed by atoms with Crippen LogP contribution in [0.15, 0.2) is 24.3 Å². The van der Waals surface area contributed by atoms with E-state index in [2.05, 4.69) is 0 Å². The summed E-state index contributed by atoms with van der Waals surface area (Å²) in [4.78, 5) is 43.8. The molecule has 20 heavy (non-hydrogen) atoms. The van der Waals surface area contributed by atoms with Gasteiger partial charge in [0.05, 0.1) is 11.5 Å². The number of thioether (sulfide) groups is 2. The van der Waals surface area contributed by atoms with Crippen LogP contribution in [0, 0.1) is 0 Å². The molecule has 1 aromatic rings. The van der Waals surface area contributed by atoms with Crippen LogP contribution in [-0.4, -0.2) is 43.9 Å². The Morgan fingerprint density at radius 2 is 1.05 bits per heavy atom. The van der Waals surface area contributed by atoms with Crippen molar-refractivity contribution in [2.75, 3.05) is 11.5 Å². The Morgan fingerprint density at radius 3 is 1.30 bits per heavy atom. The molecule has 0 saturated heterocycles. The van der Waals surface area contributed by atoms with Crippen molar-refractivity contribution >= 4 is 45.7 Å². The lowest BCUT2D eigenvalue weighted by Crippen LogP contribution is -2.04. The van der Waals surface area contributed by atoms with E-state index < -0.39 is 22.2 Å². The van der Waals surface area contributed by atoms with Gasteiger partial charge >= 0.3 is 11.9 Å². The first-order chi connectivity index (χ1) is 9.40. The van der Waals surface area contributed by atoms with Crippen molar-refractivity contribution in [2.45, 2.75) is 0 Å². The second-order valence-corrected chi connectivity index (χ2v) is 5.41. The van der Waals surface area contributed by atoms with E-state index in [1.165, 1.54) is 24.3 Å². The Kier molecular flexibility index (Phi) is 6.26. The van der Waals surface area contributed by atoms with E-state index in [0.29, 0.717) is 23.5 Å². The van der Waals surface area contributed by atoms with Crippen LogP contribution >= 0.6 is 23.5 Å². The van der Waals surface area contributed by atoms with Gasteiger partial charge in [-0.25, -0.2) is 0 Å². The van der Waals surface area contributed by atoms with E-state index in [4.69, 9.17) is 10.2 Å². The molecule has 0 aliphatic carbocycles. The van der Waals surface area contributed by atoms with Gasteiger partial charge in [0.15, 0.2) is 0 Å². The highest BCUT2D eigenvalue weighted by Crippen LogP contribution is 2.16. The lowest BCUT2D eigenvalue weighted by Gasteiger charge is -2.01. The predicted octanol–water partition coefficient (Wildman–Crippen LogP) is 1.60. The van der Waals surface area contributed by atoms with Gasteiger partial charge in [0.1, 0.15) is 0 Å². The summed E-state index contributed by atoms with van der Waals surface area (Å²) in [5.74, 6) is -2.82. The summed E-state index contributed by atoms with van der Waals surface area (Å²) in [7, 11) is 0. The first kappa shape index (κ1) is 16.3. The lowest BCUT2D eigenvalue weighted by atomic mass is 10.2. The zero-order valence-corrected chi connectivity index (χ0v) is 11.7. The number of carboxylic acid groups (broad SMARTS) is 2. The number of carbonyl (C=O) groups is 4. The van der Waals surface area contributed by atoms with Crippen molar-refractivity contribution in [2.24, 2.45) is 0 Å². The maximum Gasteiger partial charge on any atom is 0.313 e. The summed E-state index contributed by atoms with van der Waals surface area (Å²) >= 11 is 1.32. The van der Waals surface area contributed by atoms with E-state index >= 15 is 0 Å². The summed E-state index contributed by atoms with van der Waals surface area (Å²) in [6, 6.07) is 5.63. The van der Waals surface area contributed by atoms with Gasteiger partial charge in [-0.3, -0.25) is 19.2 Å². The third kappa shape index (κ3) is 5.45. The molecule has 0 radical (unpaired) electrons. The SMILES string of the molecule is O=C(O)CSC(=O)c1ccc(C(=O)SCC(=O)O)cc1. The molecule has 106 valence electrons. The highest BCUT2D eigenvalue weighted by Gasteiger charge is 2.12. The summed E-state index contributed by atoms with van der Waals surface area (Å²) in [5.41, 5.74) is 0.576. The molecule has 2 N–H and O–H groups in total. The van der Waals surface area contributed by atoms with Gasteiger partial charge in [-0.05, 0) is 24.3 Å². The molecule has 1 aromatic carbocycles. The molecule has 0 atom stereocenters. The van der Waals surface area contributed by atoms with E-state index in [0.717, 1.165) is 0 Å². The summed E-state index contributed by atoms with van der Waals surface area (Å²) in [6.07, 6.45) is 0. The van der Waals surface area contributed by atoms with E-state index in [1.807, 2.05) is 0 Å². The number of hydrogen-bond donors (Lipinski definition) is 2. The van der Waals surface area contributed by atoms with Gasteiger partial charge in [0.2, 0.25) is 10.2 Å². The van der Waals surface area contributed by atoms with E-state index in [1.54, 1.807) is 0 Å². The maximum absolute atomic E-state index is 11.6. The molecule has 0 bridgehead atoms. The first-order valence-electron chi connectivity index (χ1n) is 5.28. The normalized spacial score (nSPS) is 10.0. The molecular weight excluding hydrogens is 304 g/mol. The van der Waals surface area contributed by atoms with Crippen LogP contribution in [0.4, 0.5) is 0 Å². The van der Waals surface area contributed by atoms with Crippen LogP contribution in [0.2, 0.25) is 0 Å². The summed E-state index contributed by atoms with van der Waals surface area (Å²) in [6.45, 7) is 0. The highest BCUT2D eigenvalue weighted by atomic mass is 32.2. The largest absolute Gasteiger partial charge is 0.481 e. The van der Waals surface area contributed by atoms with Crippen molar-refractivity contribution in [1.82, 2.24) is 0 Å². The molecule has 8 heteroatoms. The molecule has 6 nitrogen and oxygen atoms in total.